The zero-order valence-corrected chi connectivity index (χ0v) is 15.7. The molecule has 0 aliphatic heterocycles. The van der Waals surface area contributed by atoms with E-state index >= 15 is 0 Å². The molecule has 0 spiro atoms. The molecule has 0 atom stereocenters. The number of benzene rings is 1. The van der Waals surface area contributed by atoms with Crippen LogP contribution in [0.15, 0.2) is 71.7 Å². The second-order valence-electron chi connectivity index (χ2n) is 5.85. The molecule has 1 aliphatic carbocycles. The fourth-order valence-corrected chi connectivity index (χ4v) is 2.39. The highest BCUT2D eigenvalue weighted by Crippen LogP contribution is 2.27. The Bertz CT molecular complexity index is 900. The van der Waals surface area contributed by atoms with Crippen LogP contribution in [-0.2, 0) is 14.3 Å². The maximum absolute atomic E-state index is 12.0. The summed E-state index contributed by atoms with van der Waals surface area (Å²) < 4.78 is 10.3. The lowest BCUT2D eigenvalue weighted by atomic mass is 10.1. The average Bonchev–Trinajstić information content (AvgIpc) is 2.68. The minimum Gasteiger partial charge on any atom is -0.508 e. The summed E-state index contributed by atoms with van der Waals surface area (Å²) in [7, 11) is 1.41. The Balaban J connectivity index is 2.00. The largest absolute Gasteiger partial charge is 0.508 e. The molecule has 0 amide bonds. The molecule has 6 nitrogen and oxygen atoms in total. The van der Waals surface area contributed by atoms with Crippen molar-refractivity contribution in [2.24, 2.45) is 0 Å². The topological polar surface area (TPSA) is 93.1 Å². The van der Waals surface area contributed by atoms with Gasteiger partial charge in [-0.05, 0) is 48.4 Å². The zero-order chi connectivity index (χ0) is 20.5. The second-order valence-corrected chi connectivity index (χ2v) is 5.85. The molecule has 1 aromatic rings. The van der Waals surface area contributed by atoms with Crippen LogP contribution in [0.4, 0.5) is 0 Å². The number of aliphatic hydroxyl groups is 1. The quantitative estimate of drug-likeness (QED) is 0.404. The van der Waals surface area contributed by atoms with Gasteiger partial charge in [-0.15, -0.1) is 0 Å². The number of carbonyl (C=O) groups is 2. The van der Waals surface area contributed by atoms with Crippen molar-refractivity contribution in [3.63, 3.8) is 0 Å². The third kappa shape index (κ3) is 6.02. The summed E-state index contributed by atoms with van der Waals surface area (Å²) in [5, 5.41) is 19.6. The van der Waals surface area contributed by atoms with Gasteiger partial charge in [0.1, 0.15) is 5.76 Å². The van der Waals surface area contributed by atoms with E-state index in [0.717, 1.165) is 6.08 Å². The van der Waals surface area contributed by atoms with Crippen molar-refractivity contribution in [1.29, 1.82) is 0 Å². The minimum absolute atomic E-state index is 0.0334. The predicted octanol–water partition coefficient (Wildman–Crippen LogP) is 3.80. The van der Waals surface area contributed by atoms with E-state index in [2.05, 4.69) is 0 Å². The predicted molar refractivity (Wildman–Crippen MR) is 106 cm³/mol. The molecule has 6 heteroatoms. The molecule has 0 fully saturated rings. The number of hydrogen-bond acceptors (Lipinski definition) is 6. The van der Waals surface area contributed by atoms with Crippen molar-refractivity contribution in [3.8, 4) is 11.5 Å². The van der Waals surface area contributed by atoms with E-state index in [4.69, 9.17) is 9.47 Å². The average molecular weight is 382 g/mol. The first-order valence-corrected chi connectivity index (χ1v) is 8.68. The van der Waals surface area contributed by atoms with Crippen molar-refractivity contribution in [1.82, 2.24) is 0 Å². The fraction of sp³-hybridized carbons (Fsp3) is 0.182. The second kappa shape index (κ2) is 9.97. The van der Waals surface area contributed by atoms with Crippen molar-refractivity contribution in [2.75, 3.05) is 13.7 Å². The molecule has 0 bridgehead atoms. The molecular formula is C22H22O6. The SMILES string of the molecule is CCOc1cc(/C=C/C(O)=C/C(=O)C/C=C2\C=CC(=O)C(OC)=C2)ccc1O. The van der Waals surface area contributed by atoms with E-state index in [1.807, 2.05) is 6.92 Å². The number of carbonyl (C=O) groups excluding carboxylic acids is 2. The monoisotopic (exact) mass is 382 g/mol. The molecule has 0 radical (unpaired) electrons. The summed E-state index contributed by atoms with van der Waals surface area (Å²) in [6, 6.07) is 4.78. The Morgan fingerprint density at radius 3 is 2.75 bits per heavy atom. The highest BCUT2D eigenvalue weighted by Gasteiger charge is 2.11. The van der Waals surface area contributed by atoms with E-state index in [1.54, 1.807) is 36.4 Å². The van der Waals surface area contributed by atoms with E-state index < -0.39 is 0 Å². The van der Waals surface area contributed by atoms with Gasteiger partial charge in [0.05, 0.1) is 13.7 Å². The van der Waals surface area contributed by atoms with Gasteiger partial charge in [-0.2, -0.15) is 0 Å². The molecule has 2 N–H and O–H groups in total. The number of aliphatic hydroxyl groups excluding tert-OH is 1. The Kier molecular flexibility index (Phi) is 7.39. The summed E-state index contributed by atoms with van der Waals surface area (Å²) in [5.41, 5.74) is 1.38. The van der Waals surface area contributed by atoms with Crippen LogP contribution in [0.25, 0.3) is 6.08 Å². The standard InChI is InChI=1S/C22H22O6/c1-3-28-22-13-16(7-11-20(22)26)5-9-18(24)14-17(23)8-4-15-6-10-19(25)21(12-15)27-2/h4-7,9-14,24,26H,3,8H2,1-2H3/b9-5+,15-4+,18-14-. The van der Waals surface area contributed by atoms with Gasteiger partial charge in [-0.1, -0.05) is 24.3 Å². The first-order valence-electron chi connectivity index (χ1n) is 8.68. The first-order chi connectivity index (χ1) is 13.4. The Morgan fingerprint density at radius 1 is 1.25 bits per heavy atom. The van der Waals surface area contributed by atoms with Gasteiger partial charge in [-0.3, -0.25) is 9.59 Å². The van der Waals surface area contributed by atoms with Crippen molar-refractivity contribution in [2.45, 2.75) is 13.3 Å². The molecule has 146 valence electrons. The molecule has 2 rings (SSSR count). The lowest BCUT2D eigenvalue weighted by Gasteiger charge is -2.07. The summed E-state index contributed by atoms with van der Waals surface area (Å²) in [5.74, 6) is -0.132. The highest BCUT2D eigenvalue weighted by molar-refractivity contribution is 6.04. The summed E-state index contributed by atoms with van der Waals surface area (Å²) in [6.45, 7) is 2.23. The van der Waals surface area contributed by atoms with E-state index in [-0.39, 0.29) is 35.3 Å². The van der Waals surface area contributed by atoms with E-state index in [9.17, 15) is 19.8 Å². The van der Waals surface area contributed by atoms with Gasteiger partial charge < -0.3 is 19.7 Å². The highest BCUT2D eigenvalue weighted by atomic mass is 16.5. The third-order valence-corrected chi connectivity index (χ3v) is 3.77. The van der Waals surface area contributed by atoms with Crippen molar-refractivity contribution in [3.05, 3.63) is 77.3 Å². The third-order valence-electron chi connectivity index (χ3n) is 3.77. The maximum Gasteiger partial charge on any atom is 0.220 e. The molecule has 0 heterocycles. The zero-order valence-electron chi connectivity index (χ0n) is 15.7. The Hall–Kier alpha value is -3.54. The van der Waals surface area contributed by atoms with Crippen LogP contribution in [0.5, 0.6) is 11.5 Å². The lowest BCUT2D eigenvalue weighted by Crippen LogP contribution is -2.05. The van der Waals surface area contributed by atoms with Gasteiger partial charge in [0, 0.05) is 12.5 Å². The number of ketones is 2. The van der Waals surface area contributed by atoms with Crippen LogP contribution in [0.2, 0.25) is 0 Å². The van der Waals surface area contributed by atoms with E-state index in [1.165, 1.54) is 25.3 Å². The fourth-order valence-electron chi connectivity index (χ4n) is 2.39. The van der Waals surface area contributed by atoms with Crippen molar-refractivity contribution >= 4 is 17.6 Å². The number of phenolic OH excluding ortho intramolecular Hbond substituents is 1. The number of hydrogen-bond donors (Lipinski definition) is 2. The van der Waals surface area contributed by atoms with Crippen LogP contribution < -0.4 is 4.74 Å². The van der Waals surface area contributed by atoms with Gasteiger partial charge in [-0.25, -0.2) is 0 Å². The number of methoxy groups -OCH3 is 1. The number of rotatable bonds is 8. The van der Waals surface area contributed by atoms with Crippen LogP contribution in [0, 0.1) is 0 Å². The maximum atomic E-state index is 12.0. The number of aromatic hydroxyl groups is 1. The van der Waals surface area contributed by atoms with Crippen LogP contribution in [0.3, 0.4) is 0 Å². The van der Waals surface area contributed by atoms with Crippen LogP contribution in [0.1, 0.15) is 18.9 Å². The lowest BCUT2D eigenvalue weighted by molar-refractivity contribution is -0.114. The summed E-state index contributed by atoms with van der Waals surface area (Å²) in [4.78, 5) is 23.5. The van der Waals surface area contributed by atoms with Gasteiger partial charge >= 0.3 is 0 Å². The smallest absolute Gasteiger partial charge is 0.220 e. The Labute approximate surface area is 163 Å². The van der Waals surface area contributed by atoms with Gasteiger partial charge in [0.2, 0.25) is 5.78 Å². The molecular weight excluding hydrogens is 360 g/mol. The van der Waals surface area contributed by atoms with E-state index in [0.29, 0.717) is 23.5 Å². The normalized spacial score (nSPS) is 15.8. The molecule has 0 unspecified atom stereocenters. The Morgan fingerprint density at radius 2 is 2.04 bits per heavy atom. The van der Waals surface area contributed by atoms with Gasteiger partial charge in [0.25, 0.3) is 0 Å². The molecule has 0 saturated heterocycles. The molecule has 1 aromatic carbocycles. The summed E-state index contributed by atoms with van der Waals surface area (Å²) in [6.07, 6.45) is 10.3. The number of phenols is 1. The number of ether oxygens (including phenoxy) is 2. The molecule has 0 saturated carbocycles. The minimum atomic E-state index is -0.298. The number of allylic oxidation sites excluding steroid dienone is 7. The summed E-state index contributed by atoms with van der Waals surface area (Å²) >= 11 is 0. The molecule has 1 aliphatic rings. The van der Waals surface area contributed by atoms with Crippen molar-refractivity contribution < 1.29 is 29.3 Å². The van der Waals surface area contributed by atoms with Crippen LogP contribution >= 0.6 is 0 Å². The first kappa shape index (κ1) is 20.8. The van der Waals surface area contributed by atoms with Gasteiger partial charge in [0.15, 0.2) is 23.0 Å². The molecule has 0 aromatic heterocycles. The van der Waals surface area contributed by atoms with Crippen LogP contribution in [-0.4, -0.2) is 35.5 Å². The molecule has 28 heavy (non-hydrogen) atoms.